The lowest BCUT2D eigenvalue weighted by Gasteiger charge is -2.34. The van der Waals surface area contributed by atoms with Gasteiger partial charge in [0, 0.05) is 12.6 Å². The van der Waals surface area contributed by atoms with Gasteiger partial charge in [-0.2, -0.15) is 0 Å². The van der Waals surface area contributed by atoms with E-state index >= 15 is 0 Å². The number of nitrogens with zero attached hydrogens (tertiary/aromatic N) is 2. The minimum Gasteiger partial charge on any atom is -0.352 e. The average molecular weight is 588 g/mol. The zero-order chi connectivity index (χ0) is 29.4. The minimum absolute atomic E-state index is 0.0246. The second-order valence-electron chi connectivity index (χ2n) is 9.61. The van der Waals surface area contributed by atoms with Gasteiger partial charge in [-0.3, -0.25) is 13.9 Å². The first-order chi connectivity index (χ1) is 19.0. The Balaban J connectivity index is 2.08. The summed E-state index contributed by atoms with van der Waals surface area (Å²) in [6.07, 6.45) is 1.02. The van der Waals surface area contributed by atoms with Crippen LogP contribution >= 0.6 is 11.6 Å². The highest BCUT2D eigenvalue weighted by Gasteiger charge is 2.34. The van der Waals surface area contributed by atoms with Crippen LogP contribution in [0.4, 0.5) is 10.1 Å². The van der Waals surface area contributed by atoms with Crippen LogP contribution in [-0.2, 0) is 26.2 Å². The van der Waals surface area contributed by atoms with Crippen LogP contribution in [0.25, 0.3) is 0 Å². The van der Waals surface area contributed by atoms with Gasteiger partial charge in [0.1, 0.15) is 18.4 Å². The second kappa shape index (κ2) is 13.8. The number of anilines is 1. The van der Waals surface area contributed by atoms with Gasteiger partial charge in [-0.25, -0.2) is 12.8 Å². The highest BCUT2D eigenvalue weighted by Crippen LogP contribution is 2.28. The van der Waals surface area contributed by atoms with Crippen LogP contribution in [0.15, 0.2) is 77.7 Å². The number of rotatable bonds is 12. The molecule has 3 rings (SSSR count). The number of carbonyl (C=O) groups is 2. The molecule has 1 N–H and O–H groups in total. The van der Waals surface area contributed by atoms with E-state index < -0.39 is 34.3 Å². The molecule has 0 spiro atoms. The number of aryl methyl sites for hydroxylation is 1. The van der Waals surface area contributed by atoms with Crippen LogP contribution in [0.5, 0.6) is 0 Å². The molecule has 3 aromatic carbocycles. The molecular weight excluding hydrogens is 553 g/mol. The van der Waals surface area contributed by atoms with E-state index in [1.807, 2.05) is 45.0 Å². The van der Waals surface area contributed by atoms with Gasteiger partial charge in [0.05, 0.1) is 15.6 Å². The van der Waals surface area contributed by atoms with Crippen LogP contribution in [0, 0.1) is 12.7 Å². The standard InChI is InChI=1S/C30H35ClFN3O4S/c1-5-22(4)33-30(37)28(6-2)34(19-23-13-11-10-12-21(23)3)29(36)20-35(24-16-17-27(32)26(31)18-24)40(38,39)25-14-8-7-9-15-25/h7-18,22,28H,5-6,19-20H2,1-4H3,(H,33,37)/t22-,28+/m0/s1. The van der Waals surface area contributed by atoms with Crippen LogP contribution in [0.2, 0.25) is 5.02 Å². The number of nitrogens with one attached hydrogen (secondary N) is 1. The van der Waals surface area contributed by atoms with Crippen LogP contribution < -0.4 is 9.62 Å². The van der Waals surface area contributed by atoms with Crippen molar-refractivity contribution in [2.75, 3.05) is 10.8 Å². The number of hydrogen-bond donors (Lipinski definition) is 1. The smallest absolute Gasteiger partial charge is 0.264 e. The van der Waals surface area contributed by atoms with E-state index in [4.69, 9.17) is 11.6 Å². The van der Waals surface area contributed by atoms with Crippen molar-refractivity contribution in [3.8, 4) is 0 Å². The van der Waals surface area contributed by atoms with Crippen molar-refractivity contribution in [3.63, 3.8) is 0 Å². The third kappa shape index (κ3) is 7.40. The highest BCUT2D eigenvalue weighted by atomic mass is 35.5. The molecule has 0 bridgehead atoms. The second-order valence-corrected chi connectivity index (χ2v) is 11.9. The first-order valence-electron chi connectivity index (χ1n) is 13.2. The molecule has 0 radical (unpaired) electrons. The van der Waals surface area contributed by atoms with Crippen molar-refractivity contribution in [1.29, 1.82) is 0 Å². The molecule has 0 aliphatic carbocycles. The Morgan fingerprint density at radius 3 is 2.23 bits per heavy atom. The molecule has 7 nitrogen and oxygen atoms in total. The van der Waals surface area contributed by atoms with Crippen molar-refractivity contribution in [3.05, 3.63) is 94.8 Å². The van der Waals surface area contributed by atoms with E-state index in [2.05, 4.69) is 5.32 Å². The van der Waals surface area contributed by atoms with Gasteiger partial charge >= 0.3 is 0 Å². The first kappa shape index (κ1) is 31.1. The fraction of sp³-hybridized carbons (Fsp3) is 0.333. The molecule has 214 valence electrons. The molecule has 0 unspecified atom stereocenters. The summed E-state index contributed by atoms with van der Waals surface area (Å²) in [6, 6.07) is 17.7. The Kier molecular flexibility index (Phi) is 10.7. The summed E-state index contributed by atoms with van der Waals surface area (Å²) in [5.41, 5.74) is 1.78. The third-order valence-corrected chi connectivity index (χ3v) is 8.87. The molecule has 0 heterocycles. The molecule has 0 fully saturated rings. The molecule has 2 amide bonds. The summed E-state index contributed by atoms with van der Waals surface area (Å²) in [5.74, 6) is -1.63. The largest absolute Gasteiger partial charge is 0.352 e. The lowest BCUT2D eigenvalue weighted by Crippen LogP contribution is -2.53. The Hall–Kier alpha value is -3.43. The molecular formula is C30H35ClFN3O4S. The Morgan fingerprint density at radius 1 is 0.975 bits per heavy atom. The summed E-state index contributed by atoms with van der Waals surface area (Å²) >= 11 is 6.01. The summed E-state index contributed by atoms with van der Waals surface area (Å²) in [4.78, 5) is 28.8. The molecule has 0 saturated carbocycles. The summed E-state index contributed by atoms with van der Waals surface area (Å²) in [7, 11) is -4.26. The van der Waals surface area contributed by atoms with Gasteiger partial charge in [0.15, 0.2) is 0 Å². The van der Waals surface area contributed by atoms with Gasteiger partial charge in [-0.15, -0.1) is 0 Å². The predicted octanol–water partition coefficient (Wildman–Crippen LogP) is 5.70. The molecule has 10 heteroatoms. The van der Waals surface area contributed by atoms with E-state index in [0.717, 1.165) is 21.5 Å². The van der Waals surface area contributed by atoms with Crippen molar-refractivity contribution in [2.24, 2.45) is 0 Å². The van der Waals surface area contributed by atoms with Crippen molar-refractivity contribution in [2.45, 2.75) is 64.1 Å². The lowest BCUT2D eigenvalue weighted by molar-refractivity contribution is -0.140. The van der Waals surface area contributed by atoms with Gasteiger partial charge in [-0.1, -0.05) is 67.9 Å². The molecule has 40 heavy (non-hydrogen) atoms. The van der Waals surface area contributed by atoms with Gasteiger partial charge in [-0.05, 0) is 68.1 Å². The first-order valence-corrected chi connectivity index (χ1v) is 15.0. The fourth-order valence-electron chi connectivity index (χ4n) is 4.22. The predicted molar refractivity (Wildman–Crippen MR) is 156 cm³/mol. The molecule has 0 aromatic heterocycles. The van der Waals surface area contributed by atoms with Crippen LogP contribution in [-0.4, -0.2) is 43.8 Å². The van der Waals surface area contributed by atoms with E-state index in [1.54, 1.807) is 25.1 Å². The molecule has 0 saturated heterocycles. The topological polar surface area (TPSA) is 86.8 Å². The number of sulfonamides is 1. The lowest BCUT2D eigenvalue weighted by atomic mass is 10.1. The number of amides is 2. The normalized spacial score (nSPS) is 12.8. The Morgan fingerprint density at radius 2 is 1.62 bits per heavy atom. The van der Waals surface area contributed by atoms with E-state index in [-0.39, 0.29) is 34.1 Å². The van der Waals surface area contributed by atoms with Crippen molar-refractivity contribution >= 4 is 39.1 Å². The van der Waals surface area contributed by atoms with E-state index in [0.29, 0.717) is 12.8 Å². The quantitative estimate of drug-likeness (QED) is 0.294. The number of halogens is 2. The average Bonchev–Trinajstić information content (AvgIpc) is 2.94. The zero-order valence-corrected chi connectivity index (χ0v) is 24.7. The van der Waals surface area contributed by atoms with Gasteiger partial charge in [0.25, 0.3) is 10.0 Å². The Bertz CT molecular complexity index is 1440. The maximum absolute atomic E-state index is 14.1. The number of hydrogen-bond acceptors (Lipinski definition) is 4. The number of carbonyl (C=O) groups excluding carboxylic acids is 2. The molecule has 3 aromatic rings. The van der Waals surface area contributed by atoms with Gasteiger partial charge in [0.2, 0.25) is 11.8 Å². The maximum atomic E-state index is 14.1. The number of benzene rings is 3. The van der Waals surface area contributed by atoms with Crippen LogP contribution in [0.1, 0.15) is 44.7 Å². The molecule has 2 atom stereocenters. The van der Waals surface area contributed by atoms with Crippen molar-refractivity contribution < 1.29 is 22.4 Å². The minimum atomic E-state index is -4.26. The summed E-state index contributed by atoms with van der Waals surface area (Å²) in [5, 5.41) is 2.66. The fourth-order valence-corrected chi connectivity index (χ4v) is 5.82. The van der Waals surface area contributed by atoms with Crippen molar-refractivity contribution in [1.82, 2.24) is 10.2 Å². The van der Waals surface area contributed by atoms with E-state index in [1.165, 1.54) is 29.2 Å². The van der Waals surface area contributed by atoms with Crippen LogP contribution in [0.3, 0.4) is 0 Å². The SMILES string of the molecule is CC[C@H](C(=O)N[C@@H](C)CC)N(Cc1ccccc1C)C(=O)CN(c1ccc(F)c(Cl)c1)S(=O)(=O)c1ccccc1. The highest BCUT2D eigenvalue weighted by molar-refractivity contribution is 7.92. The monoisotopic (exact) mass is 587 g/mol. The summed E-state index contributed by atoms with van der Waals surface area (Å²) in [6.45, 7) is 7.01. The Labute approximate surface area is 241 Å². The zero-order valence-electron chi connectivity index (χ0n) is 23.1. The molecule has 0 aliphatic rings. The maximum Gasteiger partial charge on any atom is 0.264 e. The third-order valence-electron chi connectivity index (χ3n) is 6.79. The summed E-state index contributed by atoms with van der Waals surface area (Å²) < 4.78 is 42.5. The molecule has 0 aliphatic heterocycles. The van der Waals surface area contributed by atoms with E-state index in [9.17, 15) is 22.4 Å². The van der Waals surface area contributed by atoms with Gasteiger partial charge < -0.3 is 10.2 Å².